The van der Waals surface area contributed by atoms with Crippen LogP contribution in [0, 0.1) is 87.0 Å². The molecule has 21 nitrogen and oxygen atoms in total. The number of fused-ring (bicyclic) bond motifs is 4. The van der Waals surface area contributed by atoms with Gasteiger partial charge in [-0.05, 0) is 198 Å². The van der Waals surface area contributed by atoms with E-state index in [-0.39, 0.29) is 63.3 Å². The normalized spacial score (nSPS) is 11.3. The van der Waals surface area contributed by atoms with Gasteiger partial charge in [-0.3, -0.25) is 56.7 Å². The second-order valence-corrected chi connectivity index (χ2v) is 31.6. The number of hydrogen-bond acceptors (Lipinski definition) is 13. The van der Waals surface area contributed by atoms with E-state index >= 15 is 0 Å². The van der Waals surface area contributed by atoms with E-state index in [1.54, 1.807) is 212 Å². The highest BCUT2D eigenvalue weighted by Gasteiger charge is 2.26. The van der Waals surface area contributed by atoms with E-state index in [1.165, 1.54) is 61.5 Å². The van der Waals surface area contributed by atoms with Crippen molar-refractivity contribution in [3.63, 3.8) is 0 Å². The maximum absolute atomic E-state index is 14.5. The van der Waals surface area contributed by atoms with Gasteiger partial charge in [-0.25, -0.2) is 63.8 Å². The van der Waals surface area contributed by atoms with Crippen LogP contribution < -0.4 is 26.0 Å². The van der Waals surface area contributed by atoms with Crippen LogP contribution in [0.1, 0.15) is 76.7 Å². The number of halogens is 10. The van der Waals surface area contributed by atoms with Gasteiger partial charge in [0.2, 0.25) is 6.36 Å². The lowest BCUT2D eigenvalue weighted by atomic mass is 10.0. The van der Waals surface area contributed by atoms with Crippen molar-refractivity contribution in [1.82, 2.24) is 57.5 Å². The van der Waals surface area contributed by atoms with Crippen LogP contribution in [0.15, 0.2) is 323 Å². The van der Waals surface area contributed by atoms with Gasteiger partial charge < -0.3 is 26.0 Å². The first kappa shape index (κ1) is 92.0. The van der Waals surface area contributed by atoms with E-state index in [0.29, 0.717) is 135 Å². The zero-order chi connectivity index (χ0) is 96.7. The van der Waals surface area contributed by atoms with Crippen LogP contribution in [0.25, 0.3) is 112 Å². The van der Waals surface area contributed by atoms with E-state index < -0.39 is 64.6 Å². The molecule has 0 fully saturated rings. The number of nitrogens with zero attached hydrogens (tertiary/aromatic N) is 12. The minimum atomic E-state index is -1.44. The molecule has 0 radical (unpaired) electrons. The lowest BCUT2D eigenvalue weighted by Gasteiger charge is -2.12. The highest BCUT2D eigenvalue weighted by Crippen LogP contribution is 2.38. The smallest absolute Gasteiger partial charge is 0.257 e. The average molecular weight is 1860 g/mol. The van der Waals surface area contributed by atoms with Gasteiger partial charge in [0.1, 0.15) is 34.9 Å². The Morgan fingerprint density at radius 2 is 0.536 bits per heavy atom. The Morgan fingerprint density at radius 1 is 0.275 bits per heavy atom. The van der Waals surface area contributed by atoms with Gasteiger partial charge in [0.25, 0.3) is 23.6 Å². The number of anilines is 4. The predicted molar refractivity (Wildman–Crippen MR) is 508 cm³/mol. The molecule has 4 amide bonds. The van der Waals surface area contributed by atoms with Crippen molar-refractivity contribution in [3.8, 4) is 95.8 Å². The molecule has 1 atom stereocenters. The van der Waals surface area contributed by atoms with Gasteiger partial charge in [0.15, 0.2) is 46.5 Å². The number of benzene rings is 8. The lowest BCUT2D eigenvalue weighted by Crippen LogP contribution is -2.14. The van der Waals surface area contributed by atoms with Crippen molar-refractivity contribution in [2.24, 2.45) is 0 Å². The molecule has 1 unspecified atom stereocenters. The highest BCUT2D eigenvalue weighted by molar-refractivity contribution is 6.09. The predicted octanol–water partition coefficient (Wildman–Crippen LogP) is 24.8. The van der Waals surface area contributed by atoms with Gasteiger partial charge in [-0.1, -0.05) is 91.0 Å². The summed E-state index contributed by atoms with van der Waals surface area (Å²) >= 11 is 0. The standard InChI is InChI=1S/C28H21F3N4O2.C27H19F3N4O.2C26H18F2N4O/c1-16-23(28(36)34-19-8-10-20(11-9-19)37-17(2)29)13-18(14-32-16)21-6-4-12-35-25(21)15-33-27(35)22-5-3-7-24(30)26(22)31;1-15-8-9-18(12-23(15)29)33-27(35)21-11-17(13-31-16(21)2)19-6-4-10-34-24(19)14-32-26(34)20-5-3-7-22(28)25(20)30;2*1-16-21(26(33)31-18-7-3-2-4-8-18)13-17(14-29-16)19-10-6-12-32-23(19)15-30-25(32)20-9-5-11-22(27)24(20)28/h3-15,17H,1-2H3,(H,34,36);3-14H,1-2H3,(H,33,35);2*2-15H,1H3,(H,31,33). The van der Waals surface area contributed by atoms with E-state index in [0.717, 1.165) is 35.4 Å². The fourth-order valence-electron chi connectivity index (χ4n) is 15.5. The third-order valence-electron chi connectivity index (χ3n) is 22.5. The number of nitrogens with one attached hydrogen (secondary N) is 4. The van der Waals surface area contributed by atoms with Crippen LogP contribution in [-0.2, 0) is 0 Å². The lowest BCUT2D eigenvalue weighted by molar-refractivity contribution is 0.0859. The number of carbonyl (C=O) groups is 4. The monoisotopic (exact) mass is 1850 g/mol. The summed E-state index contributed by atoms with van der Waals surface area (Å²) < 4.78 is 151. The summed E-state index contributed by atoms with van der Waals surface area (Å²) in [6.07, 6.45) is 18.4. The summed E-state index contributed by atoms with van der Waals surface area (Å²) in [5, 5.41) is 11.3. The fraction of sp³-hybridized carbons (Fsp3) is 0.0654. The number of aryl methyl sites for hydroxylation is 5. The van der Waals surface area contributed by atoms with E-state index in [4.69, 9.17) is 4.74 Å². The van der Waals surface area contributed by atoms with Crippen LogP contribution in [-0.4, -0.2) is 87.5 Å². The van der Waals surface area contributed by atoms with Crippen molar-refractivity contribution in [2.45, 2.75) is 47.9 Å². The molecule has 0 saturated heterocycles. The Bertz CT molecular complexity index is 7870. The average Bonchev–Trinajstić information content (AvgIpc) is 1.63. The third kappa shape index (κ3) is 19.4. The van der Waals surface area contributed by atoms with Gasteiger partial charge in [0, 0.05) is 124 Å². The number of pyridine rings is 8. The first-order valence-corrected chi connectivity index (χ1v) is 42.7. The number of ether oxygens (including phenoxy) is 1. The molecule has 8 aromatic carbocycles. The van der Waals surface area contributed by atoms with Crippen molar-refractivity contribution < 1.29 is 67.8 Å². The summed E-state index contributed by atoms with van der Waals surface area (Å²) in [6.45, 7) is 9.90. The molecule has 12 aromatic heterocycles. The molecule has 0 aliphatic rings. The number of imidazole rings is 4. The summed E-state index contributed by atoms with van der Waals surface area (Å²) in [5.74, 6) is -7.97. The highest BCUT2D eigenvalue weighted by atomic mass is 19.2. The van der Waals surface area contributed by atoms with Gasteiger partial charge in [-0.15, -0.1) is 0 Å². The number of rotatable bonds is 18. The van der Waals surface area contributed by atoms with Crippen molar-refractivity contribution >= 4 is 68.4 Å². The Hall–Kier alpha value is -17.9. The Balaban J connectivity index is 0.000000127. The molecule has 0 bridgehead atoms. The molecule has 4 N–H and O–H groups in total. The number of para-hydroxylation sites is 2. The van der Waals surface area contributed by atoms with Gasteiger partial charge >= 0.3 is 0 Å². The SMILES string of the molecule is Cc1ccc(NC(=O)c2cc(-c3cccn4c(-c5cccc(F)c5F)ncc34)cnc2C)cc1F.Cc1ncc(-c2cccn3c(-c4cccc(F)c4F)ncc23)cc1C(=O)Nc1ccc(OC(C)F)cc1.Cc1ncc(-c2cccn3c(-c4cccc(F)c4F)ncc23)cc1C(=O)Nc1ccccc1.Cc1ncc(-c2cccn3c(-c4cccc(F)c4F)ncc23)cc1C(=O)Nc1ccccc1. The van der Waals surface area contributed by atoms with E-state index in [1.807, 2.05) is 84.9 Å². The molecular formula is C107H76F10N16O5. The molecule has 684 valence electrons. The summed E-state index contributed by atoms with van der Waals surface area (Å²) in [4.78, 5) is 86.8. The molecule has 0 aliphatic carbocycles. The zero-order valence-electron chi connectivity index (χ0n) is 73.9. The van der Waals surface area contributed by atoms with E-state index in [9.17, 15) is 63.1 Å². The van der Waals surface area contributed by atoms with Crippen molar-refractivity contribution in [3.05, 3.63) is 426 Å². The quantitative estimate of drug-likeness (QED) is 0.0585. The summed E-state index contributed by atoms with van der Waals surface area (Å²) in [6, 6.07) is 66.5. The minimum Gasteiger partial charge on any atom is -0.461 e. The van der Waals surface area contributed by atoms with Crippen LogP contribution in [0.2, 0.25) is 0 Å². The molecule has 31 heteroatoms. The molecule has 0 spiro atoms. The zero-order valence-corrected chi connectivity index (χ0v) is 73.9. The Morgan fingerprint density at radius 3 is 0.812 bits per heavy atom. The third-order valence-corrected chi connectivity index (χ3v) is 22.5. The molecule has 20 aromatic rings. The topological polar surface area (TPSA) is 246 Å². The van der Waals surface area contributed by atoms with Gasteiger partial charge in [-0.2, -0.15) is 0 Å². The first-order chi connectivity index (χ1) is 66.7. The summed E-state index contributed by atoms with van der Waals surface area (Å²) in [5.41, 5.74) is 14.9. The van der Waals surface area contributed by atoms with Crippen LogP contribution >= 0.6 is 0 Å². The fourth-order valence-corrected chi connectivity index (χ4v) is 15.5. The molecule has 138 heavy (non-hydrogen) atoms. The number of amides is 4. The Labute approximate surface area is 780 Å². The molecular weight excluding hydrogens is 1780 g/mol. The van der Waals surface area contributed by atoms with Crippen molar-refractivity contribution in [1.29, 1.82) is 0 Å². The Kier molecular flexibility index (Phi) is 26.6. The van der Waals surface area contributed by atoms with Crippen LogP contribution in [0.3, 0.4) is 0 Å². The van der Waals surface area contributed by atoms with E-state index in [2.05, 4.69) is 61.1 Å². The van der Waals surface area contributed by atoms with Crippen molar-refractivity contribution in [2.75, 3.05) is 21.3 Å². The number of hydrogen-bond donors (Lipinski definition) is 4. The first-order valence-electron chi connectivity index (χ1n) is 42.7. The van der Waals surface area contributed by atoms with Crippen LogP contribution in [0.4, 0.5) is 66.7 Å². The second-order valence-electron chi connectivity index (χ2n) is 31.6. The second kappa shape index (κ2) is 39.9. The molecule has 12 heterocycles. The molecule has 0 aliphatic heterocycles. The largest absolute Gasteiger partial charge is 0.461 e. The number of aromatic nitrogens is 12. The number of carbonyl (C=O) groups excluding carboxylic acids is 4. The number of alkyl halides is 1. The van der Waals surface area contributed by atoms with Crippen LogP contribution in [0.5, 0.6) is 5.75 Å². The molecule has 20 rings (SSSR count). The maximum atomic E-state index is 14.5. The summed E-state index contributed by atoms with van der Waals surface area (Å²) in [7, 11) is 0. The van der Waals surface area contributed by atoms with Gasteiger partial charge in [0.05, 0.1) is 114 Å². The maximum Gasteiger partial charge on any atom is 0.257 e. The minimum absolute atomic E-state index is 0.0366. The molecule has 0 saturated carbocycles.